The Labute approximate surface area is 353 Å². The van der Waals surface area contributed by atoms with Crippen LogP contribution in [-0.4, -0.2) is 109 Å². The van der Waals surface area contributed by atoms with Crippen LogP contribution >= 0.6 is 0 Å². The highest BCUT2D eigenvalue weighted by Crippen LogP contribution is 2.26. The summed E-state index contributed by atoms with van der Waals surface area (Å²) in [4.78, 5) is 111. The fraction of sp³-hybridized carbons (Fsp3) is 0.195. The van der Waals surface area contributed by atoms with E-state index in [1.54, 1.807) is 0 Å². The average Bonchev–Trinajstić information content (AvgIpc) is 3.28. The lowest BCUT2D eigenvalue weighted by Gasteiger charge is -2.14. The quantitative estimate of drug-likeness (QED) is 0.0550. The van der Waals surface area contributed by atoms with Crippen molar-refractivity contribution in [1.82, 2.24) is 21.3 Å². The maximum Gasteiger partial charge on any atom is 0.255 e. The van der Waals surface area contributed by atoms with Crippen LogP contribution in [0.5, 0.6) is 23.0 Å². The Hall–Kier alpha value is -8.49. The van der Waals surface area contributed by atoms with Crippen molar-refractivity contribution in [3.63, 3.8) is 0 Å². The Balaban J connectivity index is 1.32. The molecule has 0 aliphatic carbocycles. The number of rotatable bonds is 21. The largest absolute Gasteiger partial charge is 0.496 e. The zero-order valence-electron chi connectivity index (χ0n) is 33.7. The molecule has 0 aliphatic heterocycles. The summed E-state index contributed by atoms with van der Waals surface area (Å²) in [6.45, 7) is -1.72. The van der Waals surface area contributed by atoms with Crippen molar-refractivity contribution in [3.05, 3.63) is 95.1 Å². The van der Waals surface area contributed by atoms with Crippen molar-refractivity contribution in [2.45, 2.75) is 0 Å². The van der Waals surface area contributed by atoms with Gasteiger partial charge in [0.1, 0.15) is 29.3 Å². The third-order valence-corrected chi connectivity index (χ3v) is 8.43. The predicted octanol–water partition coefficient (Wildman–Crippen LogP) is 1.32. The van der Waals surface area contributed by atoms with E-state index in [1.807, 2.05) is 0 Å². The number of carbonyl (C=O) groups excluding carboxylic acids is 9. The fourth-order valence-electron chi connectivity index (χ4n) is 5.55. The van der Waals surface area contributed by atoms with E-state index in [0.717, 1.165) is 0 Å². The minimum Gasteiger partial charge on any atom is -0.496 e. The van der Waals surface area contributed by atoms with Crippen molar-refractivity contribution < 1.29 is 62.1 Å². The summed E-state index contributed by atoms with van der Waals surface area (Å²) in [5.74, 6) is -4.05. The van der Waals surface area contributed by atoms with E-state index < -0.39 is 61.0 Å². The Morgan fingerprint density at radius 3 is 1.02 bits per heavy atom. The Morgan fingerprint density at radius 2 is 0.726 bits per heavy atom. The molecule has 0 saturated carbocycles. The van der Waals surface area contributed by atoms with E-state index in [0.29, 0.717) is 18.4 Å². The number of amides is 8. The van der Waals surface area contributed by atoms with Crippen molar-refractivity contribution in [2.24, 2.45) is 0 Å². The Kier molecular flexibility index (Phi) is 16.8. The zero-order valence-corrected chi connectivity index (χ0v) is 33.7. The standard InChI is InChI=1S/C41H42N8O13/c1-59-31-9-5-23(46-22-51)15-27(31)39(56)43-19-35(52)48-25-7-11-33(61-3)29(17-25)41(58)45-21-37(54)49-26-8-12-34(62-4)30(18-26)40(57)44-20-36(53)47-24-6-10-32(60-2)28(16-24)38(55)42-13-14-50/h5-12,14-18,22H,13,19-21H2,1-4H3,(H,42,55)(H,43,56)(H,44,57)(H,45,58)(H,46,51)(H,47,53)(H,48,52)(H,49,54). The van der Waals surface area contributed by atoms with Gasteiger partial charge in [-0.3, -0.25) is 38.4 Å². The van der Waals surface area contributed by atoms with Crippen LogP contribution in [0.25, 0.3) is 0 Å². The topological polar surface area (TPSA) is 287 Å². The van der Waals surface area contributed by atoms with E-state index in [1.165, 1.54) is 101 Å². The highest BCUT2D eigenvalue weighted by atomic mass is 16.5. The van der Waals surface area contributed by atoms with Gasteiger partial charge in [0.05, 0.1) is 76.9 Å². The number of aldehydes is 1. The monoisotopic (exact) mass is 854 g/mol. The number of benzene rings is 4. The van der Waals surface area contributed by atoms with Crippen LogP contribution in [0.1, 0.15) is 41.4 Å². The molecule has 0 bridgehead atoms. The SMILES string of the molecule is COc1ccc(NC(=O)CNC(=O)c2cc(NC(=O)CNC(=O)c3cc(NC(=O)CNC(=O)c4cc(NC=O)ccc4OC)ccc3OC)ccc2OC)cc1C(=O)NCC=O. The van der Waals surface area contributed by atoms with E-state index in [9.17, 15) is 43.2 Å². The van der Waals surface area contributed by atoms with Gasteiger partial charge in [-0.15, -0.1) is 0 Å². The number of nitrogens with one attached hydrogen (secondary N) is 8. The normalized spacial score (nSPS) is 10.1. The average molecular weight is 855 g/mol. The smallest absolute Gasteiger partial charge is 0.255 e. The Bertz CT molecular complexity index is 2370. The molecule has 4 aromatic carbocycles. The fourth-order valence-corrected chi connectivity index (χ4v) is 5.55. The lowest BCUT2D eigenvalue weighted by Crippen LogP contribution is -2.34. The highest BCUT2D eigenvalue weighted by Gasteiger charge is 2.20. The van der Waals surface area contributed by atoms with E-state index >= 15 is 0 Å². The van der Waals surface area contributed by atoms with Gasteiger partial charge in [-0.25, -0.2) is 0 Å². The second-order valence-electron chi connectivity index (χ2n) is 12.5. The minimum atomic E-state index is -0.739. The van der Waals surface area contributed by atoms with E-state index in [2.05, 4.69) is 42.5 Å². The van der Waals surface area contributed by atoms with Crippen LogP contribution in [-0.2, 0) is 24.0 Å². The molecular formula is C41H42N8O13. The molecule has 21 heteroatoms. The molecule has 0 unspecified atom stereocenters. The Morgan fingerprint density at radius 1 is 0.435 bits per heavy atom. The van der Waals surface area contributed by atoms with Gasteiger partial charge in [0.15, 0.2) is 0 Å². The summed E-state index contributed by atoms with van der Waals surface area (Å²) in [5.41, 5.74) is 0.922. The summed E-state index contributed by atoms with van der Waals surface area (Å²) in [5, 5.41) is 19.9. The van der Waals surface area contributed by atoms with Crippen LogP contribution in [0.2, 0.25) is 0 Å². The van der Waals surface area contributed by atoms with Crippen molar-refractivity contribution >= 4 is 76.8 Å². The van der Waals surface area contributed by atoms with Gasteiger partial charge in [0.25, 0.3) is 23.6 Å². The number of methoxy groups -OCH3 is 4. The predicted molar refractivity (Wildman–Crippen MR) is 223 cm³/mol. The minimum absolute atomic E-state index is 0.0358. The van der Waals surface area contributed by atoms with Crippen LogP contribution in [0, 0.1) is 0 Å². The lowest BCUT2D eigenvalue weighted by atomic mass is 10.1. The molecule has 0 aliphatic rings. The molecule has 0 aromatic heterocycles. The molecule has 324 valence electrons. The molecule has 0 radical (unpaired) electrons. The van der Waals surface area contributed by atoms with E-state index in [4.69, 9.17) is 18.9 Å². The third-order valence-electron chi connectivity index (χ3n) is 8.43. The maximum absolute atomic E-state index is 13.2. The summed E-state index contributed by atoms with van der Waals surface area (Å²) in [6.07, 6.45) is 0.956. The first kappa shape index (κ1) is 46.2. The first-order valence-electron chi connectivity index (χ1n) is 18.2. The first-order valence-corrected chi connectivity index (χ1v) is 18.2. The van der Waals surface area contributed by atoms with Crippen molar-refractivity contribution in [1.29, 1.82) is 0 Å². The van der Waals surface area contributed by atoms with Gasteiger partial charge in [-0.05, 0) is 72.8 Å². The molecule has 0 fully saturated rings. The molecule has 21 nitrogen and oxygen atoms in total. The molecule has 8 amide bonds. The third kappa shape index (κ3) is 12.8. The van der Waals surface area contributed by atoms with Crippen LogP contribution in [0.3, 0.4) is 0 Å². The van der Waals surface area contributed by atoms with Gasteiger partial charge in [0, 0.05) is 22.7 Å². The van der Waals surface area contributed by atoms with Gasteiger partial charge < -0.3 is 66.3 Å². The van der Waals surface area contributed by atoms with Crippen molar-refractivity contribution in [2.75, 3.05) is 75.9 Å². The molecule has 62 heavy (non-hydrogen) atoms. The van der Waals surface area contributed by atoms with Gasteiger partial charge in [0.2, 0.25) is 24.1 Å². The molecular weight excluding hydrogens is 812 g/mol. The number of anilines is 4. The number of carbonyl (C=O) groups is 9. The second-order valence-corrected chi connectivity index (χ2v) is 12.5. The number of hydrogen-bond acceptors (Lipinski definition) is 13. The van der Waals surface area contributed by atoms with Crippen LogP contribution < -0.4 is 61.5 Å². The van der Waals surface area contributed by atoms with Crippen LogP contribution in [0.4, 0.5) is 22.7 Å². The summed E-state index contributed by atoms with van der Waals surface area (Å²) in [7, 11) is 5.35. The molecule has 0 saturated heterocycles. The first-order chi connectivity index (χ1) is 29.8. The lowest BCUT2D eigenvalue weighted by molar-refractivity contribution is -0.116. The maximum atomic E-state index is 13.2. The molecule has 8 N–H and O–H groups in total. The molecule has 0 heterocycles. The van der Waals surface area contributed by atoms with Crippen LogP contribution in [0.15, 0.2) is 72.8 Å². The zero-order chi connectivity index (χ0) is 45.2. The molecule has 4 rings (SSSR count). The van der Waals surface area contributed by atoms with Crippen molar-refractivity contribution in [3.8, 4) is 23.0 Å². The number of hydrogen-bond donors (Lipinski definition) is 8. The molecule has 0 spiro atoms. The highest BCUT2D eigenvalue weighted by molar-refractivity contribution is 6.06. The summed E-state index contributed by atoms with van der Waals surface area (Å²) >= 11 is 0. The summed E-state index contributed by atoms with van der Waals surface area (Å²) in [6, 6.07) is 17.0. The van der Waals surface area contributed by atoms with E-state index in [-0.39, 0.29) is 68.9 Å². The summed E-state index contributed by atoms with van der Waals surface area (Å²) < 4.78 is 20.9. The molecule has 0 atom stereocenters. The second kappa shape index (κ2) is 22.6. The molecule has 4 aromatic rings. The van der Waals surface area contributed by atoms with Gasteiger partial charge in [-0.1, -0.05) is 0 Å². The van der Waals surface area contributed by atoms with Gasteiger partial charge in [-0.2, -0.15) is 0 Å². The number of ether oxygens (including phenoxy) is 4. The van der Waals surface area contributed by atoms with Gasteiger partial charge >= 0.3 is 0 Å².